The number of hydrogen-bond acceptors (Lipinski definition) is 3. The van der Waals surface area contributed by atoms with E-state index in [1.54, 1.807) is 6.20 Å². The van der Waals surface area contributed by atoms with Crippen LogP contribution in [0.4, 0.5) is 0 Å². The summed E-state index contributed by atoms with van der Waals surface area (Å²) >= 11 is 0. The third kappa shape index (κ3) is 2.72. The molecule has 1 atom stereocenters. The molecule has 2 N–H and O–H groups in total. The van der Waals surface area contributed by atoms with Crippen LogP contribution in [0.15, 0.2) is 42.1 Å². The number of carbonyl (C=O) groups excluding carboxylic acids is 2. The molecule has 0 spiro atoms. The Labute approximate surface area is 99.7 Å². The number of nitrogens with one attached hydrogen (secondary N) is 2. The van der Waals surface area contributed by atoms with Gasteiger partial charge in [0.25, 0.3) is 5.91 Å². The van der Waals surface area contributed by atoms with Crippen molar-refractivity contribution in [2.45, 2.75) is 19.4 Å². The van der Waals surface area contributed by atoms with Crippen LogP contribution in [-0.4, -0.2) is 11.8 Å². The lowest BCUT2D eigenvalue weighted by molar-refractivity contribution is -0.124. The Kier molecular flexibility index (Phi) is 3.23. The van der Waals surface area contributed by atoms with Crippen LogP contribution in [0.3, 0.4) is 0 Å². The predicted molar refractivity (Wildman–Crippen MR) is 63.8 cm³/mol. The first kappa shape index (κ1) is 11.4. The van der Waals surface area contributed by atoms with Crippen molar-refractivity contribution in [3.8, 4) is 0 Å². The Morgan fingerprint density at radius 1 is 1.29 bits per heavy atom. The van der Waals surface area contributed by atoms with E-state index in [1.165, 1.54) is 0 Å². The number of hydrogen-bond donors (Lipinski definition) is 2. The van der Waals surface area contributed by atoms with Crippen molar-refractivity contribution < 1.29 is 9.59 Å². The minimum Gasteiger partial charge on any atom is -0.384 e. The van der Waals surface area contributed by atoms with Gasteiger partial charge in [0, 0.05) is 17.8 Å². The molecule has 2 rings (SSSR count). The van der Waals surface area contributed by atoms with Crippen molar-refractivity contribution in [1.82, 2.24) is 10.6 Å². The number of rotatable bonds is 3. The molecule has 4 heteroatoms. The molecule has 17 heavy (non-hydrogen) atoms. The van der Waals surface area contributed by atoms with Crippen LogP contribution < -0.4 is 10.6 Å². The van der Waals surface area contributed by atoms with E-state index in [-0.39, 0.29) is 24.3 Å². The molecule has 1 heterocycles. The summed E-state index contributed by atoms with van der Waals surface area (Å²) in [6.07, 6.45) is 1.78. The van der Waals surface area contributed by atoms with E-state index in [9.17, 15) is 9.59 Å². The summed E-state index contributed by atoms with van der Waals surface area (Å²) in [7, 11) is 0. The largest absolute Gasteiger partial charge is 0.384 e. The first-order valence-corrected chi connectivity index (χ1v) is 5.51. The molecule has 1 aliphatic rings. The van der Waals surface area contributed by atoms with Gasteiger partial charge in [0.2, 0.25) is 5.91 Å². The molecule has 0 bridgehead atoms. The molecule has 2 amide bonds. The van der Waals surface area contributed by atoms with Crippen molar-refractivity contribution in [2.75, 3.05) is 0 Å². The fourth-order valence-electron chi connectivity index (χ4n) is 1.68. The minimum atomic E-state index is -0.303. The topological polar surface area (TPSA) is 58.2 Å². The standard InChI is InChI=1S/C13H14N2O2/c1-9(10-5-3-2-4-6-10)14-8-11-7-12(16)15-13(11)17/h2-6,8-9,14H,7H2,1H3,(H,15,16,17). The third-order valence-electron chi connectivity index (χ3n) is 2.70. The summed E-state index contributed by atoms with van der Waals surface area (Å²) in [5.74, 6) is -0.543. The summed E-state index contributed by atoms with van der Waals surface area (Å²) in [6.45, 7) is 2.00. The van der Waals surface area contributed by atoms with Gasteiger partial charge in [-0.15, -0.1) is 0 Å². The first-order valence-electron chi connectivity index (χ1n) is 5.51. The molecule has 1 saturated heterocycles. The van der Waals surface area contributed by atoms with Crippen molar-refractivity contribution in [1.29, 1.82) is 0 Å². The van der Waals surface area contributed by atoms with Gasteiger partial charge in [-0.25, -0.2) is 0 Å². The number of benzene rings is 1. The van der Waals surface area contributed by atoms with Crippen molar-refractivity contribution >= 4 is 11.8 Å². The van der Waals surface area contributed by atoms with Gasteiger partial charge in [-0.1, -0.05) is 30.3 Å². The monoisotopic (exact) mass is 230 g/mol. The van der Waals surface area contributed by atoms with Crippen molar-refractivity contribution in [2.24, 2.45) is 0 Å². The molecule has 0 aromatic heterocycles. The van der Waals surface area contributed by atoms with E-state index in [0.717, 1.165) is 5.56 Å². The van der Waals surface area contributed by atoms with Crippen LogP contribution in [0.25, 0.3) is 0 Å². The van der Waals surface area contributed by atoms with Crippen LogP contribution in [0.5, 0.6) is 0 Å². The van der Waals surface area contributed by atoms with Crippen LogP contribution >= 0.6 is 0 Å². The lowest BCUT2D eigenvalue weighted by Gasteiger charge is -2.12. The van der Waals surface area contributed by atoms with Crippen LogP contribution in [0.2, 0.25) is 0 Å². The van der Waals surface area contributed by atoms with Crippen LogP contribution in [0, 0.1) is 0 Å². The molecule has 1 aromatic carbocycles. The molecule has 1 fully saturated rings. The van der Waals surface area contributed by atoms with E-state index in [0.29, 0.717) is 5.57 Å². The van der Waals surface area contributed by atoms with Gasteiger partial charge >= 0.3 is 0 Å². The third-order valence-corrected chi connectivity index (χ3v) is 2.70. The maximum Gasteiger partial charge on any atom is 0.255 e. The molecule has 0 radical (unpaired) electrons. The molecule has 0 aliphatic carbocycles. The first-order chi connectivity index (χ1) is 8.16. The molecule has 4 nitrogen and oxygen atoms in total. The molecule has 0 saturated carbocycles. The number of carbonyl (C=O) groups is 2. The highest BCUT2D eigenvalue weighted by Gasteiger charge is 2.23. The van der Waals surface area contributed by atoms with E-state index >= 15 is 0 Å². The van der Waals surface area contributed by atoms with E-state index in [4.69, 9.17) is 0 Å². The summed E-state index contributed by atoms with van der Waals surface area (Å²) in [5, 5.41) is 5.36. The Hall–Kier alpha value is -2.10. The van der Waals surface area contributed by atoms with Gasteiger partial charge < -0.3 is 5.32 Å². The minimum absolute atomic E-state index is 0.104. The molecular weight excluding hydrogens is 216 g/mol. The van der Waals surface area contributed by atoms with Gasteiger partial charge in [0.05, 0.1) is 6.42 Å². The van der Waals surface area contributed by atoms with Gasteiger partial charge in [-0.3, -0.25) is 14.9 Å². The summed E-state index contributed by atoms with van der Waals surface area (Å²) in [6, 6.07) is 10.0. The van der Waals surface area contributed by atoms with Gasteiger partial charge in [0.15, 0.2) is 0 Å². The SMILES string of the molecule is CC(NC=C1CC(=O)NC1=O)c1ccccc1. The molecule has 1 unspecified atom stereocenters. The highest BCUT2D eigenvalue weighted by atomic mass is 16.2. The van der Waals surface area contributed by atoms with Gasteiger partial charge in [-0.05, 0) is 12.5 Å². The number of imide groups is 1. The average molecular weight is 230 g/mol. The van der Waals surface area contributed by atoms with E-state index < -0.39 is 0 Å². The zero-order chi connectivity index (χ0) is 12.3. The lowest BCUT2D eigenvalue weighted by Crippen LogP contribution is -2.20. The second kappa shape index (κ2) is 4.82. The Morgan fingerprint density at radius 2 is 2.00 bits per heavy atom. The summed E-state index contributed by atoms with van der Waals surface area (Å²) in [5.41, 5.74) is 1.62. The van der Waals surface area contributed by atoms with E-state index in [2.05, 4.69) is 10.6 Å². The fourth-order valence-corrected chi connectivity index (χ4v) is 1.68. The Bertz CT molecular complexity index is 466. The fraction of sp³-hybridized carbons (Fsp3) is 0.231. The van der Waals surface area contributed by atoms with E-state index in [1.807, 2.05) is 37.3 Å². The van der Waals surface area contributed by atoms with Crippen LogP contribution in [-0.2, 0) is 9.59 Å². The predicted octanol–water partition coefficient (Wildman–Crippen LogP) is 1.27. The van der Waals surface area contributed by atoms with Crippen molar-refractivity contribution in [3.63, 3.8) is 0 Å². The Morgan fingerprint density at radius 3 is 2.59 bits per heavy atom. The van der Waals surface area contributed by atoms with Gasteiger partial charge in [0.1, 0.15) is 0 Å². The molecule has 1 aromatic rings. The second-order valence-electron chi connectivity index (χ2n) is 4.02. The quantitative estimate of drug-likeness (QED) is 0.607. The average Bonchev–Trinajstić information content (AvgIpc) is 2.66. The number of amides is 2. The molecule has 88 valence electrons. The zero-order valence-corrected chi connectivity index (χ0v) is 9.57. The lowest BCUT2D eigenvalue weighted by atomic mass is 10.1. The zero-order valence-electron chi connectivity index (χ0n) is 9.57. The normalized spacial score (nSPS) is 19.2. The van der Waals surface area contributed by atoms with Gasteiger partial charge in [-0.2, -0.15) is 0 Å². The maximum atomic E-state index is 11.3. The maximum absolute atomic E-state index is 11.3. The van der Waals surface area contributed by atoms with Crippen LogP contribution in [0.1, 0.15) is 24.9 Å². The van der Waals surface area contributed by atoms with Crippen molar-refractivity contribution in [3.05, 3.63) is 47.7 Å². The Balaban J connectivity index is 2.01. The smallest absolute Gasteiger partial charge is 0.255 e. The molecule has 1 aliphatic heterocycles. The highest BCUT2D eigenvalue weighted by Crippen LogP contribution is 2.13. The molecular formula is C13H14N2O2. The summed E-state index contributed by atoms with van der Waals surface area (Å²) < 4.78 is 0. The summed E-state index contributed by atoms with van der Waals surface area (Å²) in [4.78, 5) is 22.3. The highest BCUT2D eigenvalue weighted by molar-refractivity contribution is 6.13. The second-order valence-corrected chi connectivity index (χ2v) is 4.02.